The molecule has 1 heterocycles. The van der Waals surface area contributed by atoms with Crippen LogP contribution in [-0.4, -0.2) is 13.2 Å². The van der Waals surface area contributed by atoms with E-state index in [0.29, 0.717) is 13.2 Å². The molecule has 0 spiro atoms. The van der Waals surface area contributed by atoms with Crippen LogP contribution in [0, 0.1) is 5.82 Å². The van der Waals surface area contributed by atoms with Crippen LogP contribution >= 0.6 is 43.2 Å². The van der Waals surface area contributed by atoms with E-state index in [1.54, 1.807) is 23.5 Å². The fourth-order valence-corrected chi connectivity index (χ4v) is 3.24. The fraction of sp³-hybridized carbons (Fsp3) is 0.231. The van der Waals surface area contributed by atoms with E-state index in [2.05, 4.69) is 43.2 Å². The molecular weight excluding hydrogens is 397 g/mol. The van der Waals surface area contributed by atoms with Crippen molar-refractivity contribution in [3.05, 3.63) is 49.3 Å². The monoisotopic (exact) mass is 407 g/mol. The Kier molecular flexibility index (Phi) is 5.81. The zero-order valence-corrected chi connectivity index (χ0v) is 13.9. The average molecular weight is 409 g/mol. The quantitative estimate of drug-likeness (QED) is 0.706. The van der Waals surface area contributed by atoms with Gasteiger partial charge in [0.15, 0.2) is 11.6 Å². The maximum atomic E-state index is 13.4. The lowest BCUT2D eigenvalue weighted by molar-refractivity contribution is 0.298. The molecule has 6 heteroatoms. The fourth-order valence-electron chi connectivity index (χ4n) is 1.48. The number of thiophene rings is 1. The molecule has 0 fully saturated rings. The predicted molar refractivity (Wildman–Crippen MR) is 83.3 cm³/mol. The van der Waals surface area contributed by atoms with Crippen molar-refractivity contribution in [2.75, 3.05) is 13.2 Å². The topological polar surface area (TPSA) is 21.3 Å². The second kappa shape index (κ2) is 7.38. The molecule has 0 saturated heterocycles. The number of benzene rings is 1. The van der Waals surface area contributed by atoms with Gasteiger partial charge in [0, 0.05) is 32.3 Å². The van der Waals surface area contributed by atoms with Gasteiger partial charge in [0.25, 0.3) is 0 Å². The Bertz CT molecular complexity index is 547. The Hall–Kier alpha value is -0.430. The Morgan fingerprint density at radius 2 is 2.05 bits per heavy atom. The third-order valence-corrected chi connectivity index (χ3v) is 4.54. The Morgan fingerprint density at radius 3 is 2.79 bits per heavy atom. The summed E-state index contributed by atoms with van der Waals surface area (Å²) in [7, 11) is 0. The minimum atomic E-state index is -0.342. The lowest BCUT2D eigenvalue weighted by atomic mass is 10.3. The van der Waals surface area contributed by atoms with E-state index >= 15 is 0 Å². The maximum Gasteiger partial charge on any atom is 0.165 e. The van der Waals surface area contributed by atoms with Crippen LogP contribution in [0.2, 0.25) is 0 Å². The minimum Gasteiger partial charge on any atom is -0.489 e. The van der Waals surface area contributed by atoms with Crippen molar-refractivity contribution >= 4 is 43.2 Å². The van der Waals surface area contributed by atoms with Crippen LogP contribution in [0.5, 0.6) is 5.75 Å². The van der Waals surface area contributed by atoms with E-state index in [0.717, 1.165) is 15.5 Å². The highest BCUT2D eigenvalue weighted by atomic mass is 79.9. The second-order valence-corrected chi connectivity index (χ2v) is 6.66. The molecule has 2 nitrogen and oxygen atoms in total. The Morgan fingerprint density at radius 1 is 1.21 bits per heavy atom. The Labute approximate surface area is 132 Å². The zero-order chi connectivity index (χ0) is 13.7. The summed E-state index contributed by atoms with van der Waals surface area (Å²) < 4.78 is 20.7. The lowest BCUT2D eigenvalue weighted by Crippen LogP contribution is -2.20. The molecule has 1 N–H and O–H groups in total. The molecule has 0 aliphatic heterocycles. The summed E-state index contributed by atoms with van der Waals surface area (Å²) in [5.41, 5.74) is 0. The summed E-state index contributed by atoms with van der Waals surface area (Å²) >= 11 is 8.39. The van der Waals surface area contributed by atoms with Crippen LogP contribution in [-0.2, 0) is 6.54 Å². The largest absolute Gasteiger partial charge is 0.489 e. The molecule has 102 valence electrons. The number of rotatable bonds is 6. The molecule has 0 aliphatic rings. The van der Waals surface area contributed by atoms with Crippen LogP contribution in [0.1, 0.15) is 4.88 Å². The molecular formula is C13H12Br2FNOS. The summed E-state index contributed by atoms with van der Waals surface area (Å²) in [6, 6.07) is 6.74. The summed E-state index contributed by atoms with van der Waals surface area (Å²) in [6.45, 7) is 1.89. The van der Waals surface area contributed by atoms with Gasteiger partial charge < -0.3 is 10.1 Å². The van der Waals surface area contributed by atoms with Crippen molar-refractivity contribution in [1.82, 2.24) is 5.32 Å². The molecule has 2 rings (SSSR count). The highest BCUT2D eigenvalue weighted by Gasteiger charge is 2.03. The summed E-state index contributed by atoms with van der Waals surface area (Å²) in [4.78, 5) is 1.25. The molecule has 1 aromatic heterocycles. The van der Waals surface area contributed by atoms with Gasteiger partial charge >= 0.3 is 0 Å². The van der Waals surface area contributed by atoms with E-state index in [9.17, 15) is 4.39 Å². The van der Waals surface area contributed by atoms with E-state index in [1.807, 2.05) is 5.38 Å². The van der Waals surface area contributed by atoms with Crippen molar-refractivity contribution in [1.29, 1.82) is 0 Å². The van der Waals surface area contributed by atoms with E-state index < -0.39 is 0 Å². The number of ether oxygens (including phenoxy) is 1. The lowest BCUT2D eigenvalue weighted by Gasteiger charge is -2.08. The van der Waals surface area contributed by atoms with Crippen LogP contribution in [0.15, 0.2) is 38.6 Å². The van der Waals surface area contributed by atoms with E-state index in [4.69, 9.17) is 4.74 Å². The van der Waals surface area contributed by atoms with E-state index in [-0.39, 0.29) is 11.6 Å². The van der Waals surface area contributed by atoms with Crippen LogP contribution in [0.3, 0.4) is 0 Å². The smallest absolute Gasteiger partial charge is 0.165 e. The predicted octanol–water partition coefficient (Wildman–Crippen LogP) is 4.58. The van der Waals surface area contributed by atoms with Crippen LogP contribution in [0.4, 0.5) is 4.39 Å². The van der Waals surface area contributed by atoms with Gasteiger partial charge in [0.1, 0.15) is 6.61 Å². The number of halogens is 3. The van der Waals surface area contributed by atoms with Crippen molar-refractivity contribution < 1.29 is 9.13 Å². The number of hydrogen-bond donors (Lipinski definition) is 1. The number of hydrogen-bond acceptors (Lipinski definition) is 3. The van der Waals surface area contributed by atoms with Crippen molar-refractivity contribution in [3.8, 4) is 5.75 Å². The van der Waals surface area contributed by atoms with Gasteiger partial charge in [-0.05, 0) is 40.2 Å². The maximum absolute atomic E-state index is 13.4. The van der Waals surface area contributed by atoms with Gasteiger partial charge in [-0.25, -0.2) is 4.39 Å². The summed E-state index contributed by atoms with van der Waals surface area (Å²) in [5, 5.41) is 5.30. The van der Waals surface area contributed by atoms with Gasteiger partial charge in [-0.3, -0.25) is 0 Å². The molecule has 0 bridgehead atoms. The molecule has 0 aliphatic carbocycles. The third kappa shape index (κ3) is 4.87. The van der Waals surface area contributed by atoms with Gasteiger partial charge in [0.05, 0.1) is 0 Å². The van der Waals surface area contributed by atoms with Crippen molar-refractivity contribution in [3.63, 3.8) is 0 Å². The molecule has 0 unspecified atom stereocenters. The third-order valence-electron chi connectivity index (χ3n) is 2.35. The zero-order valence-electron chi connectivity index (χ0n) is 9.96. The summed E-state index contributed by atoms with van der Waals surface area (Å²) in [5.74, 6) is -0.0690. The molecule has 19 heavy (non-hydrogen) atoms. The van der Waals surface area contributed by atoms with Gasteiger partial charge in [0.2, 0.25) is 0 Å². The van der Waals surface area contributed by atoms with Crippen LogP contribution in [0.25, 0.3) is 0 Å². The van der Waals surface area contributed by atoms with Crippen molar-refractivity contribution in [2.45, 2.75) is 6.54 Å². The van der Waals surface area contributed by atoms with E-state index in [1.165, 1.54) is 10.9 Å². The van der Waals surface area contributed by atoms with Crippen molar-refractivity contribution in [2.24, 2.45) is 0 Å². The first-order valence-electron chi connectivity index (χ1n) is 5.66. The first kappa shape index (κ1) is 15.0. The SMILES string of the molecule is Fc1ccc(Br)cc1OCCNCc1cc(Br)cs1. The van der Waals surface area contributed by atoms with Gasteiger partial charge in [-0.1, -0.05) is 15.9 Å². The normalized spacial score (nSPS) is 10.7. The highest BCUT2D eigenvalue weighted by molar-refractivity contribution is 9.10. The highest BCUT2D eigenvalue weighted by Crippen LogP contribution is 2.22. The Balaban J connectivity index is 1.70. The summed E-state index contributed by atoms with van der Waals surface area (Å²) in [6.07, 6.45) is 0. The average Bonchev–Trinajstić information content (AvgIpc) is 2.79. The first-order valence-corrected chi connectivity index (χ1v) is 8.13. The second-order valence-electron chi connectivity index (χ2n) is 3.83. The molecule has 2 aromatic rings. The minimum absolute atomic E-state index is 0.273. The van der Waals surface area contributed by atoms with Gasteiger partial charge in [-0.2, -0.15) is 0 Å². The molecule has 0 amide bonds. The molecule has 1 aromatic carbocycles. The van der Waals surface area contributed by atoms with Gasteiger partial charge in [-0.15, -0.1) is 11.3 Å². The molecule has 0 atom stereocenters. The first-order chi connectivity index (χ1) is 9.15. The van der Waals surface area contributed by atoms with Crippen LogP contribution < -0.4 is 10.1 Å². The molecule has 0 radical (unpaired) electrons. The standard InChI is InChI=1S/C13H12Br2FNOS/c14-9-1-2-12(16)13(6-9)18-4-3-17-7-11-5-10(15)8-19-11/h1-2,5-6,8,17H,3-4,7H2. The molecule has 0 saturated carbocycles. The number of nitrogens with one attached hydrogen (secondary N) is 1.